The molecule has 33 heavy (non-hydrogen) atoms. The van der Waals surface area contributed by atoms with Crippen molar-refractivity contribution < 1.29 is 28.4 Å². The van der Waals surface area contributed by atoms with Crippen LogP contribution in [-0.2, 0) is 4.57 Å². The maximum Gasteiger partial charge on any atom is 0.249 e. The number of carbonyl (C=O) groups is 2. The van der Waals surface area contributed by atoms with E-state index in [1.54, 1.807) is 32.0 Å². The molecule has 0 aliphatic rings. The van der Waals surface area contributed by atoms with Gasteiger partial charge < -0.3 is 18.8 Å². The number of ether oxygens (including phenoxy) is 3. The first kappa shape index (κ1) is 24.3. The van der Waals surface area contributed by atoms with Gasteiger partial charge >= 0.3 is 0 Å². The minimum Gasteiger partial charge on any atom is -0.496 e. The standard InChI is InChI=1S/C26H27O6P/c1-16-12-17(2)23(18(3)13-16)25(27)33(29,20-10-8-7-9-11-20)26(28)24-21(31-5)14-19(30-4)15-22(24)32-6/h7-15H,1-6H3. The van der Waals surface area contributed by atoms with Crippen molar-refractivity contribution in [1.29, 1.82) is 0 Å². The van der Waals surface area contributed by atoms with Crippen LogP contribution >= 0.6 is 7.14 Å². The molecule has 0 heterocycles. The molecule has 7 heteroatoms. The number of benzene rings is 3. The number of hydrogen-bond donors (Lipinski definition) is 0. The highest BCUT2D eigenvalue weighted by atomic mass is 31.2. The lowest BCUT2D eigenvalue weighted by molar-refractivity contribution is 0.103. The van der Waals surface area contributed by atoms with E-state index in [2.05, 4.69) is 0 Å². The van der Waals surface area contributed by atoms with E-state index in [-0.39, 0.29) is 27.9 Å². The number of aryl methyl sites for hydroxylation is 3. The average molecular weight is 466 g/mol. The van der Waals surface area contributed by atoms with E-state index < -0.39 is 18.2 Å². The molecule has 0 N–H and O–H groups in total. The highest BCUT2D eigenvalue weighted by Gasteiger charge is 2.46. The summed E-state index contributed by atoms with van der Waals surface area (Å²) in [5.74, 6) is 0.612. The van der Waals surface area contributed by atoms with E-state index >= 15 is 0 Å². The van der Waals surface area contributed by atoms with E-state index in [1.165, 1.54) is 45.6 Å². The largest absolute Gasteiger partial charge is 0.496 e. The molecule has 0 bridgehead atoms. The third kappa shape index (κ3) is 4.31. The number of hydrogen-bond acceptors (Lipinski definition) is 6. The molecule has 0 spiro atoms. The monoisotopic (exact) mass is 466 g/mol. The highest BCUT2D eigenvalue weighted by Crippen LogP contribution is 2.54. The summed E-state index contributed by atoms with van der Waals surface area (Å²) >= 11 is 0. The van der Waals surface area contributed by atoms with E-state index in [4.69, 9.17) is 14.2 Å². The summed E-state index contributed by atoms with van der Waals surface area (Å²) in [4.78, 5) is 28.0. The van der Waals surface area contributed by atoms with Crippen LogP contribution in [0.15, 0.2) is 54.6 Å². The van der Waals surface area contributed by atoms with Crippen LogP contribution in [0.1, 0.15) is 37.4 Å². The van der Waals surface area contributed by atoms with Gasteiger partial charge in [0, 0.05) is 23.0 Å². The van der Waals surface area contributed by atoms with Crippen molar-refractivity contribution >= 4 is 23.5 Å². The molecule has 0 radical (unpaired) electrons. The molecule has 0 aromatic heterocycles. The topological polar surface area (TPSA) is 78.9 Å². The minimum atomic E-state index is -4.35. The Bertz CT molecular complexity index is 1220. The fourth-order valence-electron chi connectivity index (χ4n) is 4.01. The van der Waals surface area contributed by atoms with Gasteiger partial charge in [-0.3, -0.25) is 9.59 Å². The molecule has 6 nitrogen and oxygen atoms in total. The summed E-state index contributed by atoms with van der Waals surface area (Å²) in [7, 11) is -0.113. The van der Waals surface area contributed by atoms with Crippen LogP contribution in [0.5, 0.6) is 17.2 Å². The van der Waals surface area contributed by atoms with Gasteiger partial charge in [0.2, 0.25) is 18.2 Å². The van der Waals surface area contributed by atoms with Gasteiger partial charge in [0.25, 0.3) is 0 Å². The van der Waals surface area contributed by atoms with Crippen LogP contribution in [-0.4, -0.2) is 32.4 Å². The first-order valence-electron chi connectivity index (χ1n) is 10.3. The smallest absolute Gasteiger partial charge is 0.249 e. The van der Waals surface area contributed by atoms with Crippen molar-refractivity contribution in [3.63, 3.8) is 0 Å². The summed E-state index contributed by atoms with van der Waals surface area (Å²) in [6.45, 7) is 5.48. The first-order valence-corrected chi connectivity index (χ1v) is 12.0. The van der Waals surface area contributed by atoms with Crippen LogP contribution in [0.4, 0.5) is 0 Å². The van der Waals surface area contributed by atoms with Crippen LogP contribution in [0.3, 0.4) is 0 Å². The predicted octanol–water partition coefficient (Wildman–Crippen LogP) is 5.31. The summed E-state index contributed by atoms with van der Waals surface area (Å²) in [6, 6.07) is 14.8. The van der Waals surface area contributed by atoms with Crippen LogP contribution < -0.4 is 19.5 Å². The molecule has 0 saturated heterocycles. The molecule has 0 aliphatic carbocycles. The highest BCUT2D eigenvalue weighted by molar-refractivity contribution is 8.01. The zero-order valence-electron chi connectivity index (χ0n) is 19.6. The van der Waals surface area contributed by atoms with Crippen LogP contribution in [0.2, 0.25) is 0 Å². The van der Waals surface area contributed by atoms with Crippen molar-refractivity contribution in [2.45, 2.75) is 20.8 Å². The third-order valence-electron chi connectivity index (χ3n) is 5.51. The summed E-state index contributed by atoms with van der Waals surface area (Å²) < 4.78 is 30.7. The summed E-state index contributed by atoms with van der Waals surface area (Å²) in [5, 5.41) is 0.152. The Morgan fingerprint density at radius 2 is 1.18 bits per heavy atom. The second-order valence-electron chi connectivity index (χ2n) is 7.74. The van der Waals surface area contributed by atoms with E-state index in [9.17, 15) is 14.2 Å². The quantitative estimate of drug-likeness (QED) is 0.419. The van der Waals surface area contributed by atoms with Gasteiger partial charge in [-0.1, -0.05) is 48.0 Å². The van der Waals surface area contributed by atoms with E-state index in [0.29, 0.717) is 16.9 Å². The number of carbonyl (C=O) groups excluding carboxylic acids is 2. The molecule has 0 fully saturated rings. The molecule has 172 valence electrons. The third-order valence-corrected chi connectivity index (χ3v) is 8.13. The first-order chi connectivity index (χ1) is 15.7. The molecule has 1 unspecified atom stereocenters. The summed E-state index contributed by atoms with van der Waals surface area (Å²) in [6.07, 6.45) is 0. The molecule has 0 aliphatic heterocycles. The second kappa shape index (κ2) is 9.63. The van der Waals surface area contributed by atoms with Crippen molar-refractivity contribution in [3.8, 4) is 17.2 Å². The van der Waals surface area contributed by atoms with Gasteiger partial charge in [-0.15, -0.1) is 0 Å². The van der Waals surface area contributed by atoms with Crippen LogP contribution in [0, 0.1) is 20.8 Å². The molecule has 0 saturated carbocycles. The van der Waals surface area contributed by atoms with Gasteiger partial charge in [0.15, 0.2) is 0 Å². The zero-order chi connectivity index (χ0) is 24.3. The van der Waals surface area contributed by atoms with Crippen molar-refractivity contribution in [2.75, 3.05) is 21.3 Å². The number of methoxy groups -OCH3 is 3. The van der Waals surface area contributed by atoms with Gasteiger partial charge in [0.1, 0.15) is 22.8 Å². The molecule has 3 aromatic carbocycles. The molecular formula is C26H27O6P. The Labute approximate surface area is 193 Å². The van der Waals surface area contributed by atoms with Crippen molar-refractivity contribution in [2.24, 2.45) is 0 Å². The fourth-order valence-corrected chi connectivity index (χ4v) is 6.46. The SMILES string of the molecule is COc1cc(OC)c(C(=O)P(=O)(C(=O)c2c(C)cc(C)cc2C)c2ccccc2)c(OC)c1. The second-order valence-corrected chi connectivity index (χ2v) is 10.3. The Hall–Kier alpha value is -3.37. The lowest BCUT2D eigenvalue weighted by Gasteiger charge is -2.21. The van der Waals surface area contributed by atoms with Crippen molar-refractivity contribution in [1.82, 2.24) is 0 Å². The Balaban J connectivity index is 2.34. The van der Waals surface area contributed by atoms with E-state index in [1.807, 2.05) is 19.1 Å². The maximum atomic E-state index is 14.7. The minimum absolute atomic E-state index is 0.0660. The zero-order valence-corrected chi connectivity index (χ0v) is 20.5. The molecule has 0 amide bonds. The summed E-state index contributed by atoms with van der Waals surface area (Å²) in [5.41, 5.74) is 0.950. The molecule has 3 rings (SSSR count). The van der Waals surface area contributed by atoms with Crippen LogP contribution in [0.25, 0.3) is 0 Å². The van der Waals surface area contributed by atoms with E-state index in [0.717, 1.165) is 5.56 Å². The Kier molecular flexibility index (Phi) is 7.09. The van der Waals surface area contributed by atoms with Gasteiger partial charge in [0.05, 0.1) is 21.3 Å². The lowest BCUT2D eigenvalue weighted by atomic mass is 10.0. The molecule has 1 atom stereocenters. The Morgan fingerprint density at radius 3 is 1.64 bits per heavy atom. The van der Waals surface area contributed by atoms with Gasteiger partial charge in [-0.25, -0.2) is 0 Å². The Morgan fingerprint density at radius 1 is 0.697 bits per heavy atom. The molecular weight excluding hydrogens is 439 g/mol. The average Bonchev–Trinajstić information content (AvgIpc) is 2.81. The maximum absolute atomic E-state index is 14.7. The molecule has 3 aromatic rings. The predicted molar refractivity (Wildman–Crippen MR) is 129 cm³/mol. The number of rotatable bonds is 8. The van der Waals surface area contributed by atoms with Crippen molar-refractivity contribution in [3.05, 3.63) is 82.4 Å². The normalized spacial score (nSPS) is 12.5. The van der Waals surface area contributed by atoms with Gasteiger partial charge in [-0.05, 0) is 31.9 Å². The lowest BCUT2D eigenvalue weighted by Crippen LogP contribution is -2.22. The van der Waals surface area contributed by atoms with Gasteiger partial charge in [-0.2, -0.15) is 0 Å². The fraction of sp³-hybridized carbons (Fsp3) is 0.231.